The van der Waals surface area contributed by atoms with Gasteiger partial charge in [-0.1, -0.05) is 0 Å². The summed E-state index contributed by atoms with van der Waals surface area (Å²) in [7, 11) is -3.59. The minimum absolute atomic E-state index is 0.0210. The molecule has 6 heteroatoms. The van der Waals surface area contributed by atoms with Gasteiger partial charge in [0, 0.05) is 12.6 Å². The van der Waals surface area contributed by atoms with Crippen LogP contribution in [0.3, 0.4) is 0 Å². The first kappa shape index (κ1) is 15.6. The lowest BCUT2D eigenvalue weighted by Crippen LogP contribution is -2.25. The Hall–Kier alpha value is -0.400. The monoisotopic (exact) mass is 249 g/mol. The molecule has 1 N–H and O–H groups in total. The standard InChI is InChI=1S/C10H20NO4P/c1-8(2)14-10(15-9(3)4)16(12,13)7-5-6-11/h8-10H,5,7H2,1-4H3,(H,12,13). The van der Waals surface area contributed by atoms with Crippen LogP contribution in [-0.4, -0.2) is 29.3 Å². The first-order valence-electron chi connectivity index (χ1n) is 5.29. The van der Waals surface area contributed by atoms with Gasteiger partial charge in [0.2, 0.25) is 6.03 Å². The molecule has 0 saturated carbocycles. The number of rotatable bonds is 7. The minimum Gasteiger partial charge on any atom is -0.342 e. The molecule has 0 spiro atoms. The van der Waals surface area contributed by atoms with Gasteiger partial charge in [0.05, 0.1) is 18.3 Å². The van der Waals surface area contributed by atoms with Crippen molar-refractivity contribution in [1.82, 2.24) is 0 Å². The van der Waals surface area contributed by atoms with E-state index in [2.05, 4.69) is 0 Å². The van der Waals surface area contributed by atoms with Crippen molar-refractivity contribution in [1.29, 1.82) is 5.26 Å². The zero-order valence-electron chi connectivity index (χ0n) is 10.2. The fourth-order valence-electron chi connectivity index (χ4n) is 1.00. The Morgan fingerprint density at radius 1 is 1.25 bits per heavy atom. The van der Waals surface area contributed by atoms with Crippen LogP contribution in [0.5, 0.6) is 0 Å². The van der Waals surface area contributed by atoms with Crippen LogP contribution in [0.2, 0.25) is 0 Å². The molecule has 0 aliphatic carbocycles. The smallest absolute Gasteiger partial charge is 0.256 e. The van der Waals surface area contributed by atoms with Crippen LogP contribution in [0, 0.1) is 11.3 Å². The highest BCUT2D eigenvalue weighted by Crippen LogP contribution is 2.48. The Kier molecular flexibility index (Phi) is 6.85. The van der Waals surface area contributed by atoms with Crippen LogP contribution in [0.4, 0.5) is 0 Å². The minimum atomic E-state index is -3.59. The second-order valence-electron chi connectivity index (χ2n) is 4.06. The fraction of sp³-hybridized carbons (Fsp3) is 0.900. The number of nitriles is 1. The van der Waals surface area contributed by atoms with Crippen molar-refractivity contribution >= 4 is 7.37 Å². The van der Waals surface area contributed by atoms with Crippen LogP contribution in [0.25, 0.3) is 0 Å². The van der Waals surface area contributed by atoms with Gasteiger partial charge in [0.25, 0.3) is 7.37 Å². The summed E-state index contributed by atoms with van der Waals surface area (Å²) in [5.41, 5.74) is 0. The molecule has 0 saturated heterocycles. The topological polar surface area (TPSA) is 79.6 Å². The van der Waals surface area contributed by atoms with Crippen LogP contribution in [0.1, 0.15) is 34.1 Å². The van der Waals surface area contributed by atoms with Gasteiger partial charge in [0.1, 0.15) is 0 Å². The largest absolute Gasteiger partial charge is 0.342 e. The molecule has 0 amide bonds. The molecule has 0 heterocycles. The average molecular weight is 249 g/mol. The number of ether oxygens (including phenoxy) is 2. The van der Waals surface area contributed by atoms with Crippen molar-refractivity contribution in [2.24, 2.45) is 0 Å². The molecule has 0 aromatic carbocycles. The van der Waals surface area contributed by atoms with Crippen molar-refractivity contribution in [3.8, 4) is 6.07 Å². The highest BCUT2D eigenvalue weighted by molar-refractivity contribution is 7.58. The summed E-state index contributed by atoms with van der Waals surface area (Å²) in [4.78, 5) is 9.76. The summed E-state index contributed by atoms with van der Waals surface area (Å²) in [6.45, 7) is 7.06. The van der Waals surface area contributed by atoms with E-state index in [0.717, 1.165) is 0 Å². The van der Waals surface area contributed by atoms with E-state index < -0.39 is 13.4 Å². The Morgan fingerprint density at radius 2 is 1.69 bits per heavy atom. The Labute approximate surface area is 96.8 Å². The fourth-order valence-corrected chi connectivity index (χ4v) is 2.50. The van der Waals surface area contributed by atoms with E-state index in [1.165, 1.54) is 0 Å². The highest BCUT2D eigenvalue weighted by atomic mass is 31.2. The molecule has 0 aromatic rings. The molecule has 0 aromatic heterocycles. The lowest BCUT2D eigenvalue weighted by atomic mass is 10.5. The van der Waals surface area contributed by atoms with Gasteiger partial charge in [-0.25, -0.2) is 0 Å². The Balaban J connectivity index is 4.59. The third-order valence-electron chi connectivity index (χ3n) is 1.65. The molecule has 0 radical (unpaired) electrons. The van der Waals surface area contributed by atoms with Gasteiger partial charge in [-0.2, -0.15) is 5.26 Å². The van der Waals surface area contributed by atoms with E-state index in [1.807, 2.05) is 6.07 Å². The maximum Gasteiger partial charge on any atom is 0.256 e. The van der Waals surface area contributed by atoms with Crippen molar-refractivity contribution < 1.29 is 18.9 Å². The molecule has 0 fully saturated rings. The van der Waals surface area contributed by atoms with E-state index in [0.29, 0.717) is 0 Å². The van der Waals surface area contributed by atoms with E-state index >= 15 is 0 Å². The third-order valence-corrected chi connectivity index (χ3v) is 3.42. The van der Waals surface area contributed by atoms with Gasteiger partial charge in [-0.15, -0.1) is 0 Å². The summed E-state index contributed by atoms with van der Waals surface area (Å²) in [5.74, 6) is 0. The van der Waals surface area contributed by atoms with Crippen molar-refractivity contribution in [3.05, 3.63) is 0 Å². The molecule has 1 atom stereocenters. The van der Waals surface area contributed by atoms with Crippen LogP contribution >= 0.6 is 7.37 Å². The van der Waals surface area contributed by atoms with Gasteiger partial charge in [0.15, 0.2) is 0 Å². The van der Waals surface area contributed by atoms with Crippen molar-refractivity contribution in [2.45, 2.75) is 52.4 Å². The highest BCUT2D eigenvalue weighted by Gasteiger charge is 2.33. The number of hydrogen-bond acceptors (Lipinski definition) is 4. The lowest BCUT2D eigenvalue weighted by molar-refractivity contribution is -0.137. The zero-order chi connectivity index (χ0) is 12.8. The molecule has 16 heavy (non-hydrogen) atoms. The second kappa shape index (κ2) is 7.03. The SMILES string of the molecule is CC(C)OC(OC(C)C)P(=O)(O)CCC#N. The van der Waals surface area contributed by atoms with Crippen LogP contribution < -0.4 is 0 Å². The average Bonchev–Trinajstić information content (AvgIpc) is 2.12. The van der Waals surface area contributed by atoms with Gasteiger partial charge >= 0.3 is 0 Å². The van der Waals surface area contributed by atoms with Crippen molar-refractivity contribution in [2.75, 3.05) is 6.16 Å². The zero-order valence-corrected chi connectivity index (χ0v) is 11.1. The quantitative estimate of drug-likeness (QED) is 0.553. The summed E-state index contributed by atoms with van der Waals surface area (Å²) < 4.78 is 22.5. The second-order valence-corrected chi connectivity index (χ2v) is 6.44. The first-order chi connectivity index (χ1) is 7.29. The summed E-state index contributed by atoms with van der Waals surface area (Å²) in [6, 6.07) is 0.704. The molecular formula is C10H20NO4P. The predicted octanol–water partition coefficient (Wildman–Crippen LogP) is 2.30. The van der Waals surface area contributed by atoms with E-state index in [9.17, 15) is 9.46 Å². The van der Waals surface area contributed by atoms with E-state index in [1.54, 1.807) is 27.7 Å². The maximum atomic E-state index is 11.9. The number of hydrogen-bond donors (Lipinski definition) is 1. The Bertz CT molecular complexity index is 275. The molecule has 5 nitrogen and oxygen atoms in total. The van der Waals surface area contributed by atoms with Gasteiger partial charge < -0.3 is 14.4 Å². The molecule has 0 rings (SSSR count). The molecular weight excluding hydrogens is 229 g/mol. The normalized spacial score (nSPS) is 15.4. The first-order valence-corrected chi connectivity index (χ1v) is 7.20. The summed E-state index contributed by atoms with van der Waals surface area (Å²) in [6.07, 6.45) is -0.488. The summed E-state index contributed by atoms with van der Waals surface area (Å²) in [5, 5.41) is 8.41. The lowest BCUT2D eigenvalue weighted by Gasteiger charge is -2.26. The van der Waals surface area contributed by atoms with E-state index in [-0.39, 0.29) is 24.8 Å². The van der Waals surface area contributed by atoms with Crippen LogP contribution in [0.15, 0.2) is 0 Å². The summed E-state index contributed by atoms with van der Waals surface area (Å²) >= 11 is 0. The molecule has 0 aliphatic rings. The predicted molar refractivity (Wildman–Crippen MR) is 61.2 cm³/mol. The van der Waals surface area contributed by atoms with Crippen molar-refractivity contribution in [3.63, 3.8) is 0 Å². The molecule has 0 aliphatic heterocycles. The van der Waals surface area contributed by atoms with Crippen LogP contribution in [-0.2, 0) is 14.0 Å². The third kappa shape index (κ3) is 6.24. The molecule has 1 unspecified atom stereocenters. The van der Waals surface area contributed by atoms with E-state index in [4.69, 9.17) is 14.7 Å². The Morgan fingerprint density at radius 3 is 2.00 bits per heavy atom. The number of nitrogens with zero attached hydrogens (tertiary/aromatic N) is 1. The van der Waals surface area contributed by atoms with Gasteiger partial charge in [-0.3, -0.25) is 4.57 Å². The maximum absolute atomic E-state index is 11.9. The molecule has 94 valence electrons. The van der Waals surface area contributed by atoms with Gasteiger partial charge in [-0.05, 0) is 27.7 Å². The molecule has 0 bridgehead atoms.